The van der Waals surface area contributed by atoms with Gasteiger partial charge < -0.3 is 4.90 Å². The summed E-state index contributed by atoms with van der Waals surface area (Å²) in [7, 11) is 0. The van der Waals surface area contributed by atoms with E-state index in [1.807, 2.05) is 13.1 Å². The molecule has 0 spiro atoms. The number of nitrogens with zero attached hydrogens (tertiary/aromatic N) is 2. The summed E-state index contributed by atoms with van der Waals surface area (Å²) in [6.45, 7) is 3.34. The molecule has 1 aromatic heterocycles. The van der Waals surface area contributed by atoms with Gasteiger partial charge in [-0.3, -0.25) is 4.79 Å². The average molecular weight is 339 g/mol. The van der Waals surface area contributed by atoms with Gasteiger partial charge in [0.2, 0.25) is 0 Å². The molecule has 0 radical (unpaired) electrons. The Morgan fingerprint density at radius 1 is 1.41 bits per heavy atom. The number of thiazole rings is 1. The fourth-order valence-corrected chi connectivity index (χ4v) is 3.86. The number of likely N-dealkylation sites (tertiary alicyclic amines) is 1. The molecule has 22 heavy (non-hydrogen) atoms. The number of benzene rings is 1. The molecular weight excluding hydrogens is 323 g/mol. The number of piperidine rings is 1. The number of aryl methyl sites for hydroxylation is 1. The van der Waals surface area contributed by atoms with Gasteiger partial charge in [0.1, 0.15) is 5.82 Å². The number of hydrogen-bond donors (Lipinski definition) is 0. The predicted molar refractivity (Wildman–Crippen MR) is 86.1 cm³/mol. The second kappa shape index (κ2) is 6.34. The van der Waals surface area contributed by atoms with Crippen LogP contribution in [0, 0.1) is 12.7 Å². The Bertz CT molecular complexity index is 695. The quantitative estimate of drug-likeness (QED) is 0.819. The highest BCUT2D eigenvalue weighted by molar-refractivity contribution is 7.11. The van der Waals surface area contributed by atoms with Gasteiger partial charge in [0, 0.05) is 30.1 Å². The summed E-state index contributed by atoms with van der Waals surface area (Å²) in [5.74, 6) is -0.232. The van der Waals surface area contributed by atoms with E-state index in [9.17, 15) is 9.18 Å². The molecule has 0 saturated carbocycles. The predicted octanol–water partition coefficient (Wildman–Crippen LogP) is 4.26. The van der Waals surface area contributed by atoms with Crippen LogP contribution in [0.25, 0.3) is 0 Å². The highest BCUT2D eigenvalue weighted by atomic mass is 35.5. The zero-order chi connectivity index (χ0) is 15.7. The summed E-state index contributed by atoms with van der Waals surface area (Å²) in [5, 5.41) is 1.44. The summed E-state index contributed by atoms with van der Waals surface area (Å²) in [6, 6.07) is 3.90. The van der Waals surface area contributed by atoms with E-state index in [1.165, 1.54) is 23.1 Å². The average Bonchev–Trinajstić information content (AvgIpc) is 2.96. The lowest BCUT2D eigenvalue weighted by atomic mass is 9.97. The fraction of sp³-hybridized carbons (Fsp3) is 0.375. The van der Waals surface area contributed by atoms with Gasteiger partial charge in [-0.1, -0.05) is 11.6 Å². The fourth-order valence-electron chi connectivity index (χ4n) is 2.72. The summed E-state index contributed by atoms with van der Waals surface area (Å²) < 4.78 is 13.3. The van der Waals surface area contributed by atoms with E-state index >= 15 is 0 Å². The van der Waals surface area contributed by atoms with Crippen LogP contribution in [0.4, 0.5) is 4.39 Å². The second-order valence-corrected chi connectivity index (χ2v) is 7.17. The zero-order valence-electron chi connectivity index (χ0n) is 12.2. The molecule has 2 aromatic rings. The first-order valence-electron chi connectivity index (χ1n) is 7.21. The first-order valence-corrected chi connectivity index (χ1v) is 8.40. The van der Waals surface area contributed by atoms with Gasteiger partial charge in [-0.05, 0) is 38.0 Å². The lowest BCUT2D eigenvalue weighted by Gasteiger charge is -2.31. The first-order chi connectivity index (χ1) is 10.5. The second-order valence-electron chi connectivity index (χ2n) is 5.50. The Hall–Kier alpha value is -1.46. The third-order valence-electron chi connectivity index (χ3n) is 3.93. The molecule has 1 aliphatic rings. The van der Waals surface area contributed by atoms with Gasteiger partial charge in [0.25, 0.3) is 5.91 Å². The van der Waals surface area contributed by atoms with Crippen LogP contribution in [0.1, 0.15) is 39.0 Å². The highest BCUT2D eigenvalue weighted by Crippen LogP contribution is 2.31. The minimum absolute atomic E-state index is 0.196. The molecule has 0 N–H and O–H groups in total. The molecule has 0 atom stereocenters. The Labute approximate surface area is 137 Å². The number of hydrogen-bond acceptors (Lipinski definition) is 3. The molecule has 6 heteroatoms. The topological polar surface area (TPSA) is 33.2 Å². The maximum absolute atomic E-state index is 13.3. The Morgan fingerprint density at radius 3 is 2.77 bits per heavy atom. The minimum Gasteiger partial charge on any atom is -0.339 e. The van der Waals surface area contributed by atoms with Crippen molar-refractivity contribution in [2.24, 2.45) is 0 Å². The van der Waals surface area contributed by atoms with Crippen LogP contribution in [0.3, 0.4) is 0 Å². The largest absolute Gasteiger partial charge is 0.339 e. The van der Waals surface area contributed by atoms with Crippen LogP contribution < -0.4 is 0 Å². The summed E-state index contributed by atoms with van der Waals surface area (Å²) >= 11 is 7.73. The summed E-state index contributed by atoms with van der Waals surface area (Å²) in [5.41, 5.74) is 0.241. The molecule has 1 amide bonds. The van der Waals surface area contributed by atoms with E-state index in [0.29, 0.717) is 24.0 Å². The van der Waals surface area contributed by atoms with Crippen molar-refractivity contribution in [2.45, 2.75) is 25.7 Å². The van der Waals surface area contributed by atoms with E-state index in [-0.39, 0.29) is 11.5 Å². The molecule has 1 saturated heterocycles. The molecule has 0 unspecified atom stereocenters. The van der Waals surface area contributed by atoms with Crippen molar-refractivity contribution in [2.75, 3.05) is 13.1 Å². The van der Waals surface area contributed by atoms with Crippen molar-refractivity contribution in [3.8, 4) is 0 Å². The van der Waals surface area contributed by atoms with E-state index in [1.54, 1.807) is 16.2 Å². The number of amides is 1. The van der Waals surface area contributed by atoms with Gasteiger partial charge in [0.05, 0.1) is 15.6 Å². The normalized spacial score (nSPS) is 16.0. The lowest BCUT2D eigenvalue weighted by Crippen LogP contribution is -2.38. The van der Waals surface area contributed by atoms with Crippen LogP contribution in [0.2, 0.25) is 5.02 Å². The number of carbonyl (C=O) groups excluding carboxylic acids is 1. The third kappa shape index (κ3) is 3.15. The number of aromatic nitrogens is 1. The van der Waals surface area contributed by atoms with Gasteiger partial charge in [-0.2, -0.15) is 0 Å². The van der Waals surface area contributed by atoms with Crippen LogP contribution >= 0.6 is 22.9 Å². The third-order valence-corrected chi connectivity index (χ3v) is 5.33. The molecule has 0 bridgehead atoms. The SMILES string of the molecule is Cc1cnc(C2CCN(C(=O)c3cc(F)ccc3Cl)CC2)s1. The van der Waals surface area contributed by atoms with Gasteiger partial charge >= 0.3 is 0 Å². The minimum atomic E-state index is -0.444. The van der Waals surface area contributed by atoms with E-state index in [2.05, 4.69) is 4.98 Å². The van der Waals surface area contributed by atoms with Crippen LogP contribution in [-0.2, 0) is 0 Å². The molecule has 1 aromatic carbocycles. The highest BCUT2D eigenvalue weighted by Gasteiger charge is 2.27. The van der Waals surface area contributed by atoms with Crippen molar-refractivity contribution < 1.29 is 9.18 Å². The van der Waals surface area contributed by atoms with E-state index < -0.39 is 5.82 Å². The molecule has 3 nitrogen and oxygen atoms in total. The number of carbonyl (C=O) groups is 1. The maximum atomic E-state index is 13.3. The standard InChI is InChI=1S/C16H16ClFN2OS/c1-10-9-19-15(22-10)11-4-6-20(7-5-11)16(21)13-8-12(18)2-3-14(13)17/h2-3,8-9,11H,4-7H2,1H3. The summed E-state index contributed by atoms with van der Waals surface area (Å²) in [4.78, 5) is 19.9. The van der Waals surface area contributed by atoms with Crippen molar-refractivity contribution in [1.82, 2.24) is 9.88 Å². The molecular formula is C16H16ClFN2OS. The van der Waals surface area contributed by atoms with Crippen LogP contribution in [0.5, 0.6) is 0 Å². The number of halogens is 2. The maximum Gasteiger partial charge on any atom is 0.255 e. The first kappa shape index (κ1) is 15.4. The van der Waals surface area contributed by atoms with Gasteiger partial charge in [0.15, 0.2) is 0 Å². The Morgan fingerprint density at radius 2 is 2.14 bits per heavy atom. The van der Waals surface area contributed by atoms with Gasteiger partial charge in [-0.25, -0.2) is 9.37 Å². The van der Waals surface area contributed by atoms with Crippen molar-refractivity contribution >= 4 is 28.8 Å². The Kier molecular flexibility index (Phi) is 4.45. The monoisotopic (exact) mass is 338 g/mol. The van der Waals surface area contributed by atoms with Crippen molar-refractivity contribution in [3.63, 3.8) is 0 Å². The zero-order valence-corrected chi connectivity index (χ0v) is 13.8. The van der Waals surface area contributed by atoms with E-state index in [4.69, 9.17) is 11.6 Å². The molecule has 0 aliphatic carbocycles. The smallest absolute Gasteiger partial charge is 0.255 e. The van der Waals surface area contributed by atoms with Gasteiger partial charge in [-0.15, -0.1) is 11.3 Å². The molecule has 1 aliphatic heterocycles. The lowest BCUT2D eigenvalue weighted by molar-refractivity contribution is 0.0712. The van der Waals surface area contributed by atoms with Crippen LogP contribution in [-0.4, -0.2) is 28.9 Å². The molecule has 116 valence electrons. The van der Waals surface area contributed by atoms with E-state index in [0.717, 1.165) is 17.8 Å². The summed E-state index contributed by atoms with van der Waals surface area (Å²) in [6.07, 6.45) is 3.65. The number of rotatable bonds is 2. The molecule has 3 rings (SSSR count). The molecule has 2 heterocycles. The molecule has 1 fully saturated rings. The van der Waals surface area contributed by atoms with Crippen LogP contribution in [0.15, 0.2) is 24.4 Å². The van der Waals surface area contributed by atoms with Crippen molar-refractivity contribution in [3.05, 3.63) is 50.7 Å². The Balaban J connectivity index is 1.68. The van der Waals surface area contributed by atoms with Crippen molar-refractivity contribution in [1.29, 1.82) is 0 Å².